The molecular weight excluding hydrogens is 280 g/mol. The van der Waals surface area contributed by atoms with Gasteiger partial charge in [-0.3, -0.25) is 9.59 Å². The van der Waals surface area contributed by atoms with E-state index in [0.717, 1.165) is 12.1 Å². The normalized spacial score (nSPS) is 21.0. The second-order valence-electron chi connectivity index (χ2n) is 4.95. The highest BCUT2D eigenvalue weighted by atomic mass is 19.1. The maximum atomic E-state index is 13.5. The van der Waals surface area contributed by atoms with Crippen LogP contribution in [0.5, 0.6) is 0 Å². The summed E-state index contributed by atoms with van der Waals surface area (Å²) in [6.07, 6.45) is 4.15. The molecule has 1 aliphatic carbocycles. The van der Waals surface area contributed by atoms with Gasteiger partial charge in [0.25, 0.3) is 0 Å². The zero-order valence-electron chi connectivity index (χ0n) is 11.2. The third-order valence-corrected chi connectivity index (χ3v) is 3.55. The average Bonchev–Trinajstić information content (AvgIpc) is 2.46. The lowest BCUT2D eigenvalue weighted by molar-refractivity contribution is -0.147. The molecule has 112 valence electrons. The highest BCUT2D eigenvalue weighted by molar-refractivity contribution is 5.85. The number of halogens is 2. The number of rotatable bonds is 4. The van der Waals surface area contributed by atoms with Crippen molar-refractivity contribution in [3.8, 4) is 0 Å². The number of carbonyl (C=O) groups is 2. The Hall–Kier alpha value is -2.24. The number of carboxylic acid groups (broad SMARTS) is 1. The lowest BCUT2D eigenvalue weighted by Crippen LogP contribution is -2.38. The summed E-state index contributed by atoms with van der Waals surface area (Å²) in [5.74, 6) is -4.33. The van der Waals surface area contributed by atoms with Crippen LogP contribution in [0.15, 0.2) is 30.4 Å². The highest BCUT2D eigenvalue weighted by Crippen LogP contribution is 2.26. The smallest absolute Gasteiger partial charge is 0.307 e. The minimum atomic E-state index is -1.02. The summed E-state index contributed by atoms with van der Waals surface area (Å²) in [6, 6.07) is 3.10. The first-order valence-corrected chi connectivity index (χ1v) is 6.58. The van der Waals surface area contributed by atoms with E-state index in [9.17, 15) is 18.4 Å². The molecule has 2 atom stereocenters. The van der Waals surface area contributed by atoms with Gasteiger partial charge in [-0.05, 0) is 18.9 Å². The molecule has 0 aromatic heterocycles. The van der Waals surface area contributed by atoms with E-state index in [1.54, 1.807) is 12.2 Å². The van der Waals surface area contributed by atoms with E-state index in [4.69, 9.17) is 5.11 Å². The van der Waals surface area contributed by atoms with E-state index < -0.39 is 35.3 Å². The van der Waals surface area contributed by atoms with Crippen molar-refractivity contribution in [2.45, 2.75) is 19.4 Å². The molecule has 0 spiro atoms. The molecule has 4 nitrogen and oxygen atoms in total. The van der Waals surface area contributed by atoms with E-state index >= 15 is 0 Å². The van der Waals surface area contributed by atoms with Crippen molar-refractivity contribution in [2.24, 2.45) is 11.8 Å². The monoisotopic (exact) mass is 295 g/mol. The summed E-state index contributed by atoms with van der Waals surface area (Å²) >= 11 is 0. The number of hydrogen-bond donors (Lipinski definition) is 2. The molecule has 0 bridgehead atoms. The topological polar surface area (TPSA) is 66.4 Å². The van der Waals surface area contributed by atoms with Gasteiger partial charge in [-0.2, -0.15) is 0 Å². The second kappa shape index (κ2) is 6.47. The summed E-state index contributed by atoms with van der Waals surface area (Å²) in [6.45, 7) is -0.0997. The number of allylic oxidation sites excluding steroid dienone is 2. The second-order valence-corrected chi connectivity index (χ2v) is 4.95. The number of carbonyl (C=O) groups excluding carboxylic acids is 1. The predicted molar refractivity (Wildman–Crippen MR) is 71.2 cm³/mol. The summed E-state index contributed by atoms with van der Waals surface area (Å²) in [5, 5.41) is 11.6. The minimum Gasteiger partial charge on any atom is -0.481 e. The SMILES string of the molecule is O=C(O)[C@H]1CC=CC[C@H]1C(=O)NCc1ccc(F)cc1F. The molecule has 21 heavy (non-hydrogen) atoms. The van der Waals surface area contributed by atoms with Crippen molar-refractivity contribution < 1.29 is 23.5 Å². The Balaban J connectivity index is 2.00. The molecular formula is C15H15F2NO3. The third kappa shape index (κ3) is 3.65. The molecule has 2 N–H and O–H groups in total. The van der Waals surface area contributed by atoms with Crippen molar-refractivity contribution in [2.75, 3.05) is 0 Å². The fraction of sp³-hybridized carbons (Fsp3) is 0.333. The molecule has 0 unspecified atom stereocenters. The molecule has 0 heterocycles. The summed E-state index contributed by atoms with van der Waals surface area (Å²) in [4.78, 5) is 23.2. The first-order valence-electron chi connectivity index (χ1n) is 6.58. The molecule has 1 aromatic carbocycles. The van der Waals surface area contributed by atoms with Crippen LogP contribution in [0.4, 0.5) is 8.78 Å². The number of hydrogen-bond acceptors (Lipinski definition) is 2. The Morgan fingerprint density at radius 3 is 2.48 bits per heavy atom. The van der Waals surface area contributed by atoms with Gasteiger partial charge in [0.15, 0.2) is 0 Å². The molecule has 6 heteroatoms. The molecule has 0 saturated carbocycles. The molecule has 0 radical (unpaired) electrons. The Bertz CT molecular complexity index is 586. The fourth-order valence-corrected chi connectivity index (χ4v) is 2.36. The average molecular weight is 295 g/mol. The molecule has 1 aliphatic rings. The minimum absolute atomic E-state index is 0.0997. The van der Waals surface area contributed by atoms with Crippen LogP contribution in [0.3, 0.4) is 0 Å². The summed E-state index contributed by atoms with van der Waals surface area (Å²) in [5.41, 5.74) is 0.156. The highest BCUT2D eigenvalue weighted by Gasteiger charge is 2.33. The number of nitrogens with one attached hydrogen (secondary N) is 1. The Labute approximate surface area is 120 Å². The van der Waals surface area contributed by atoms with Crippen LogP contribution in [0.2, 0.25) is 0 Å². The zero-order chi connectivity index (χ0) is 15.4. The van der Waals surface area contributed by atoms with Gasteiger partial charge in [0.1, 0.15) is 11.6 Å². The summed E-state index contributed by atoms with van der Waals surface area (Å²) in [7, 11) is 0. The lowest BCUT2D eigenvalue weighted by atomic mass is 9.82. The van der Waals surface area contributed by atoms with E-state index in [1.807, 2.05) is 0 Å². The first-order chi connectivity index (χ1) is 9.99. The van der Waals surface area contributed by atoms with Gasteiger partial charge in [0.2, 0.25) is 5.91 Å². The van der Waals surface area contributed by atoms with Crippen LogP contribution in [0.25, 0.3) is 0 Å². The Kier molecular flexibility index (Phi) is 4.67. The standard InChI is InChI=1S/C15H15F2NO3/c16-10-6-5-9(13(17)7-10)8-18-14(19)11-3-1-2-4-12(11)15(20)21/h1-2,5-7,11-12H,3-4,8H2,(H,18,19)(H,20,21)/t11-,12+/m1/s1. The quantitative estimate of drug-likeness (QED) is 0.837. The van der Waals surface area contributed by atoms with Crippen molar-refractivity contribution >= 4 is 11.9 Å². The van der Waals surface area contributed by atoms with Gasteiger partial charge in [-0.25, -0.2) is 8.78 Å². The molecule has 2 rings (SSSR count). The van der Waals surface area contributed by atoms with Crippen LogP contribution in [0, 0.1) is 23.5 Å². The maximum Gasteiger partial charge on any atom is 0.307 e. The van der Waals surface area contributed by atoms with Gasteiger partial charge >= 0.3 is 5.97 Å². The Morgan fingerprint density at radius 1 is 1.19 bits per heavy atom. The molecule has 0 fully saturated rings. The van der Waals surface area contributed by atoms with E-state index in [-0.39, 0.29) is 12.1 Å². The van der Waals surface area contributed by atoms with Gasteiger partial charge in [-0.1, -0.05) is 18.2 Å². The van der Waals surface area contributed by atoms with Crippen molar-refractivity contribution in [1.82, 2.24) is 5.32 Å². The van der Waals surface area contributed by atoms with E-state index in [2.05, 4.69) is 5.32 Å². The number of aliphatic carboxylic acids is 1. The van der Waals surface area contributed by atoms with E-state index in [1.165, 1.54) is 6.07 Å². The van der Waals surface area contributed by atoms with Crippen molar-refractivity contribution in [1.29, 1.82) is 0 Å². The molecule has 1 aromatic rings. The third-order valence-electron chi connectivity index (χ3n) is 3.55. The molecule has 0 saturated heterocycles. The van der Waals surface area contributed by atoms with Crippen LogP contribution in [0.1, 0.15) is 18.4 Å². The number of carboxylic acids is 1. The Morgan fingerprint density at radius 2 is 1.86 bits per heavy atom. The largest absolute Gasteiger partial charge is 0.481 e. The molecule has 0 aliphatic heterocycles. The van der Waals surface area contributed by atoms with Crippen LogP contribution in [-0.2, 0) is 16.1 Å². The maximum absolute atomic E-state index is 13.5. The van der Waals surface area contributed by atoms with Crippen molar-refractivity contribution in [3.63, 3.8) is 0 Å². The van der Waals surface area contributed by atoms with Gasteiger partial charge in [0, 0.05) is 18.2 Å². The van der Waals surface area contributed by atoms with Gasteiger partial charge in [0.05, 0.1) is 11.8 Å². The van der Waals surface area contributed by atoms with Crippen LogP contribution >= 0.6 is 0 Å². The predicted octanol–water partition coefficient (Wildman–Crippen LogP) is 2.25. The van der Waals surface area contributed by atoms with Crippen LogP contribution < -0.4 is 5.32 Å². The summed E-state index contributed by atoms with van der Waals surface area (Å²) < 4.78 is 26.2. The van der Waals surface area contributed by atoms with Gasteiger partial charge < -0.3 is 10.4 Å². The van der Waals surface area contributed by atoms with Crippen molar-refractivity contribution in [3.05, 3.63) is 47.5 Å². The number of amides is 1. The number of benzene rings is 1. The van der Waals surface area contributed by atoms with E-state index in [0.29, 0.717) is 12.8 Å². The zero-order valence-corrected chi connectivity index (χ0v) is 11.2. The molecule has 1 amide bonds. The van der Waals surface area contributed by atoms with Crippen LogP contribution in [-0.4, -0.2) is 17.0 Å². The van der Waals surface area contributed by atoms with Gasteiger partial charge in [-0.15, -0.1) is 0 Å². The first kappa shape index (κ1) is 15.2. The fourth-order valence-electron chi connectivity index (χ4n) is 2.36. The lowest BCUT2D eigenvalue weighted by Gasteiger charge is -2.24.